The maximum Gasteiger partial charge on any atom is 0.326 e. The zero-order chi connectivity index (χ0) is 18.2. The molecule has 0 spiro atoms. The Labute approximate surface area is 143 Å². The van der Waals surface area contributed by atoms with Gasteiger partial charge in [-0.1, -0.05) is 27.7 Å². The van der Waals surface area contributed by atoms with Crippen LogP contribution in [0, 0.1) is 11.8 Å². The molecular formula is C15H29N3O4S. The van der Waals surface area contributed by atoms with E-state index >= 15 is 0 Å². The summed E-state index contributed by atoms with van der Waals surface area (Å²) in [5.74, 6) is -1.65. The lowest BCUT2D eigenvalue weighted by Crippen LogP contribution is -2.55. The minimum Gasteiger partial charge on any atom is -0.480 e. The van der Waals surface area contributed by atoms with E-state index in [4.69, 9.17) is 5.73 Å². The highest BCUT2D eigenvalue weighted by molar-refractivity contribution is 7.80. The van der Waals surface area contributed by atoms with E-state index in [0.717, 1.165) is 0 Å². The molecule has 8 heteroatoms. The molecule has 0 rings (SSSR count). The van der Waals surface area contributed by atoms with Crippen LogP contribution in [-0.2, 0) is 14.4 Å². The topological polar surface area (TPSA) is 122 Å². The molecule has 5 N–H and O–H groups in total. The summed E-state index contributed by atoms with van der Waals surface area (Å²) in [6, 6.07) is -2.61. The molecule has 0 bridgehead atoms. The molecule has 2 amide bonds. The van der Waals surface area contributed by atoms with Gasteiger partial charge in [0.2, 0.25) is 11.8 Å². The molecule has 0 aromatic carbocycles. The third-order valence-electron chi connectivity index (χ3n) is 3.20. The van der Waals surface area contributed by atoms with E-state index in [2.05, 4.69) is 23.3 Å². The van der Waals surface area contributed by atoms with Crippen LogP contribution in [-0.4, -0.2) is 46.8 Å². The Kier molecular flexibility index (Phi) is 9.90. The number of aliphatic carboxylic acids is 1. The molecule has 0 aliphatic carbocycles. The van der Waals surface area contributed by atoms with E-state index in [0.29, 0.717) is 12.8 Å². The van der Waals surface area contributed by atoms with Gasteiger partial charge in [0, 0.05) is 5.75 Å². The number of carbonyl (C=O) groups is 3. The number of nitrogens with one attached hydrogen (secondary N) is 2. The number of carbonyl (C=O) groups excluding carboxylic acids is 2. The second kappa shape index (κ2) is 10.5. The fourth-order valence-corrected chi connectivity index (χ4v) is 2.20. The average Bonchev–Trinajstić information content (AvgIpc) is 2.43. The Morgan fingerprint density at radius 1 is 0.957 bits per heavy atom. The molecule has 7 nitrogen and oxygen atoms in total. The highest BCUT2D eigenvalue weighted by Gasteiger charge is 2.28. The van der Waals surface area contributed by atoms with Crippen LogP contribution < -0.4 is 16.4 Å². The van der Waals surface area contributed by atoms with Gasteiger partial charge >= 0.3 is 5.97 Å². The van der Waals surface area contributed by atoms with E-state index < -0.39 is 35.9 Å². The molecule has 0 aromatic rings. The molecule has 0 fully saturated rings. The Morgan fingerprint density at radius 3 is 1.78 bits per heavy atom. The molecule has 0 radical (unpaired) electrons. The first kappa shape index (κ1) is 21.7. The number of rotatable bonds is 10. The first-order chi connectivity index (χ1) is 10.6. The lowest BCUT2D eigenvalue weighted by molar-refractivity contribution is -0.142. The SMILES string of the molecule is CC(C)CC(NC(=O)C(CC(C)C)NC(=O)C(N)CS)C(=O)O. The first-order valence-electron chi connectivity index (χ1n) is 7.78. The number of nitrogens with two attached hydrogens (primary N) is 1. The fraction of sp³-hybridized carbons (Fsp3) is 0.800. The summed E-state index contributed by atoms with van der Waals surface area (Å²) in [5.41, 5.74) is 5.60. The molecule has 0 saturated carbocycles. The minimum atomic E-state index is -1.09. The third kappa shape index (κ3) is 8.80. The summed E-state index contributed by atoms with van der Waals surface area (Å²) in [5, 5.41) is 14.3. The van der Waals surface area contributed by atoms with Crippen molar-refractivity contribution in [1.29, 1.82) is 0 Å². The Balaban J connectivity index is 4.97. The fourth-order valence-electron chi connectivity index (χ4n) is 2.03. The Hall–Kier alpha value is -1.28. The van der Waals surface area contributed by atoms with Crippen molar-refractivity contribution in [1.82, 2.24) is 10.6 Å². The summed E-state index contributed by atoms with van der Waals surface area (Å²) >= 11 is 3.95. The molecule has 0 heterocycles. The second-order valence-corrected chi connectivity index (χ2v) is 6.87. The monoisotopic (exact) mass is 347 g/mol. The van der Waals surface area contributed by atoms with E-state index in [1.165, 1.54) is 0 Å². The standard InChI is InChI=1S/C15H29N3O4S/c1-8(2)5-11(17-13(19)10(16)7-23)14(20)18-12(15(21)22)6-9(3)4/h8-12,23H,5-7,16H2,1-4H3,(H,17,19)(H,18,20)(H,21,22). The van der Waals surface area contributed by atoms with Crippen molar-refractivity contribution >= 4 is 30.4 Å². The van der Waals surface area contributed by atoms with Crippen LogP contribution in [0.1, 0.15) is 40.5 Å². The molecule has 134 valence electrons. The van der Waals surface area contributed by atoms with Gasteiger partial charge in [-0.2, -0.15) is 12.6 Å². The van der Waals surface area contributed by atoms with Crippen LogP contribution in [0.15, 0.2) is 0 Å². The summed E-state index contributed by atoms with van der Waals surface area (Å²) in [7, 11) is 0. The van der Waals surface area contributed by atoms with Crippen LogP contribution in [0.25, 0.3) is 0 Å². The lowest BCUT2D eigenvalue weighted by Gasteiger charge is -2.24. The quantitative estimate of drug-likeness (QED) is 0.366. The van der Waals surface area contributed by atoms with Crippen LogP contribution in [0.5, 0.6) is 0 Å². The van der Waals surface area contributed by atoms with Gasteiger partial charge in [0.05, 0.1) is 6.04 Å². The molecule has 0 aliphatic heterocycles. The smallest absolute Gasteiger partial charge is 0.326 e. The second-order valence-electron chi connectivity index (χ2n) is 6.51. The lowest BCUT2D eigenvalue weighted by atomic mass is 10.0. The van der Waals surface area contributed by atoms with Gasteiger partial charge in [-0.15, -0.1) is 0 Å². The van der Waals surface area contributed by atoms with Gasteiger partial charge in [-0.3, -0.25) is 9.59 Å². The number of amides is 2. The van der Waals surface area contributed by atoms with E-state index in [9.17, 15) is 19.5 Å². The van der Waals surface area contributed by atoms with Crippen molar-refractivity contribution in [2.24, 2.45) is 17.6 Å². The van der Waals surface area contributed by atoms with Gasteiger partial charge < -0.3 is 21.5 Å². The van der Waals surface area contributed by atoms with E-state index in [1.807, 2.05) is 27.7 Å². The van der Waals surface area contributed by atoms with E-state index in [1.54, 1.807) is 0 Å². The summed E-state index contributed by atoms with van der Waals surface area (Å²) in [6.45, 7) is 7.57. The summed E-state index contributed by atoms with van der Waals surface area (Å²) in [4.78, 5) is 35.5. The average molecular weight is 347 g/mol. The van der Waals surface area contributed by atoms with Crippen LogP contribution in [0.3, 0.4) is 0 Å². The molecule has 0 aliphatic rings. The number of hydrogen-bond acceptors (Lipinski definition) is 5. The maximum atomic E-state index is 12.4. The largest absolute Gasteiger partial charge is 0.480 e. The molecule has 3 atom stereocenters. The molecule has 0 aromatic heterocycles. The normalized spacial score (nSPS) is 15.1. The molecule has 3 unspecified atom stereocenters. The van der Waals surface area contributed by atoms with Gasteiger partial charge in [0.1, 0.15) is 12.1 Å². The van der Waals surface area contributed by atoms with Crippen molar-refractivity contribution < 1.29 is 19.5 Å². The number of hydrogen-bond donors (Lipinski definition) is 5. The Bertz CT molecular complexity index is 416. The summed E-state index contributed by atoms with van der Waals surface area (Å²) < 4.78 is 0. The zero-order valence-corrected chi connectivity index (χ0v) is 15.1. The van der Waals surface area contributed by atoms with Crippen LogP contribution >= 0.6 is 12.6 Å². The number of carboxylic acid groups (broad SMARTS) is 1. The maximum absolute atomic E-state index is 12.4. The number of carboxylic acids is 1. The van der Waals surface area contributed by atoms with Gasteiger partial charge in [0.25, 0.3) is 0 Å². The van der Waals surface area contributed by atoms with Gasteiger partial charge in [-0.05, 0) is 24.7 Å². The first-order valence-corrected chi connectivity index (χ1v) is 8.41. The van der Waals surface area contributed by atoms with Gasteiger partial charge in [0.15, 0.2) is 0 Å². The van der Waals surface area contributed by atoms with Crippen LogP contribution in [0.4, 0.5) is 0 Å². The van der Waals surface area contributed by atoms with Crippen molar-refractivity contribution in [3.8, 4) is 0 Å². The molecular weight excluding hydrogens is 318 g/mol. The van der Waals surface area contributed by atoms with Crippen LogP contribution in [0.2, 0.25) is 0 Å². The highest BCUT2D eigenvalue weighted by Crippen LogP contribution is 2.09. The van der Waals surface area contributed by atoms with Crippen molar-refractivity contribution in [3.05, 3.63) is 0 Å². The predicted octanol–water partition coefficient (Wildman–Crippen LogP) is 0.390. The van der Waals surface area contributed by atoms with Crippen molar-refractivity contribution in [3.63, 3.8) is 0 Å². The van der Waals surface area contributed by atoms with Gasteiger partial charge in [-0.25, -0.2) is 4.79 Å². The van der Waals surface area contributed by atoms with E-state index in [-0.39, 0.29) is 17.6 Å². The molecule has 23 heavy (non-hydrogen) atoms. The molecule has 0 saturated heterocycles. The van der Waals surface area contributed by atoms with Crippen molar-refractivity contribution in [2.45, 2.75) is 58.7 Å². The Morgan fingerprint density at radius 2 is 1.39 bits per heavy atom. The highest BCUT2D eigenvalue weighted by atomic mass is 32.1. The zero-order valence-electron chi connectivity index (χ0n) is 14.2. The number of thiol groups is 1. The van der Waals surface area contributed by atoms with Crippen molar-refractivity contribution in [2.75, 3.05) is 5.75 Å². The minimum absolute atomic E-state index is 0.118. The summed E-state index contributed by atoms with van der Waals surface area (Å²) in [6.07, 6.45) is 0.713. The predicted molar refractivity (Wildman–Crippen MR) is 92.2 cm³/mol. The third-order valence-corrected chi connectivity index (χ3v) is 3.59.